The number of rotatable bonds is 9. The summed E-state index contributed by atoms with van der Waals surface area (Å²) in [5, 5.41) is 13.4. The summed E-state index contributed by atoms with van der Waals surface area (Å²) in [5.41, 5.74) is 5.07. The molecule has 1 amide bonds. The molecule has 0 unspecified atom stereocenters. The molecule has 2 bridgehead atoms. The number of likely N-dealkylation sites (N-methyl/N-ethyl adjacent to an activating group) is 1. The standard InChI is InChI=1S/C32H37N7O5S/c1-37-12-4-6-24(37)19-44-32-34-29-14-21(28-15-25(40)13-20-5-2-3-7-26(20)28)8-11-27(29)31(35-32)39-22-9-10-23(39)18-38(17-22)30(41)16-33-36-45(42)43/h2-3,5,7-8,11,13-15,22-24,33,40,45H,4,6,9-10,12,16-19H2,1H3,(H,36,42,43)/t22-,23+,24-/m0/s1. The number of phenols is 1. The highest BCUT2D eigenvalue weighted by molar-refractivity contribution is 7.70. The SMILES string of the molecule is CN1CCC[C@H]1COc1nc(N2[C@@H]3CC[C@H]2CN(C(=O)CNN[SH](=O)=O)C3)c2ccc(-c3cc(O)cc4ccccc34)cc2n1. The summed E-state index contributed by atoms with van der Waals surface area (Å²) >= 11 is 0. The van der Waals surface area contributed by atoms with E-state index in [0.717, 1.165) is 70.8 Å². The zero-order valence-corrected chi connectivity index (χ0v) is 26.0. The van der Waals surface area contributed by atoms with Crippen LogP contribution >= 0.6 is 0 Å². The summed E-state index contributed by atoms with van der Waals surface area (Å²) in [6.07, 6.45) is 4.03. The van der Waals surface area contributed by atoms with Crippen LogP contribution in [-0.2, 0) is 15.7 Å². The molecule has 3 aliphatic rings. The van der Waals surface area contributed by atoms with Crippen molar-refractivity contribution in [1.82, 2.24) is 30.0 Å². The van der Waals surface area contributed by atoms with E-state index >= 15 is 0 Å². The third-order valence-corrected chi connectivity index (χ3v) is 9.72. The van der Waals surface area contributed by atoms with Gasteiger partial charge in [-0.1, -0.05) is 30.3 Å². The Kier molecular flexibility index (Phi) is 8.17. The zero-order valence-electron chi connectivity index (χ0n) is 25.1. The number of phenolic OH excluding ortho intramolecular Hbond substituents is 1. The fraction of sp³-hybridized carbons (Fsp3) is 0.406. The number of hydrogen-bond donors (Lipinski definition) is 4. The maximum Gasteiger partial charge on any atom is 0.319 e. The largest absolute Gasteiger partial charge is 0.508 e. The van der Waals surface area contributed by atoms with Crippen LogP contribution in [0.15, 0.2) is 54.6 Å². The lowest BCUT2D eigenvalue weighted by molar-refractivity contribution is -0.131. The van der Waals surface area contributed by atoms with Crippen LogP contribution < -0.4 is 19.9 Å². The van der Waals surface area contributed by atoms with Crippen molar-refractivity contribution in [2.24, 2.45) is 0 Å². The predicted molar refractivity (Wildman–Crippen MR) is 173 cm³/mol. The van der Waals surface area contributed by atoms with Gasteiger partial charge in [-0.15, -0.1) is 0 Å². The van der Waals surface area contributed by atoms with E-state index in [1.54, 1.807) is 17.0 Å². The summed E-state index contributed by atoms with van der Waals surface area (Å²) < 4.78 is 27.9. The molecule has 4 heterocycles. The highest BCUT2D eigenvalue weighted by Gasteiger charge is 2.43. The Morgan fingerprint density at radius 3 is 2.58 bits per heavy atom. The third kappa shape index (κ3) is 6.00. The van der Waals surface area contributed by atoms with E-state index in [9.17, 15) is 18.3 Å². The van der Waals surface area contributed by atoms with Crippen molar-refractivity contribution >= 4 is 44.3 Å². The molecule has 0 saturated carbocycles. The molecule has 13 heteroatoms. The molecule has 0 aliphatic carbocycles. The van der Waals surface area contributed by atoms with E-state index in [-0.39, 0.29) is 30.3 Å². The van der Waals surface area contributed by atoms with Crippen molar-refractivity contribution in [2.75, 3.05) is 44.7 Å². The molecule has 4 aromatic rings. The van der Waals surface area contributed by atoms with E-state index in [4.69, 9.17) is 14.7 Å². The van der Waals surface area contributed by atoms with Crippen molar-refractivity contribution in [3.8, 4) is 22.9 Å². The van der Waals surface area contributed by atoms with Gasteiger partial charge in [-0.3, -0.25) is 4.79 Å². The topological polar surface area (TPSA) is 140 Å². The van der Waals surface area contributed by atoms with Crippen LogP contribution in [0.1, 0.15) is 25.7 Å². The first-order valence-corrected chi connectivity index (χ1v) is 16.6. The van der Waals surface area contributed by atoms with E-state index < -0.39 is 10.9 Å². The van der Waals surface area contributed by atoms with Gasteiger partial charge >= 0.3 is 6.01 Å². The molecule has 3 fully saturated rings. The minimum atomic E-state index is -2.83. The van der Waals surface area contributed by atoms with Crippen LogP contribution in [0.25, 0.3) is 32.8 Å². The summed E-state index contributed by atoms with van der Waals surface area (Å²) in [7, 11) is -0.715. The van der Waals surface area contributed by atoms with Crippen molar-refractivity contribution in [3.63, 3.8) is 0 Å². The quantitative estimate of drug-likeness (QED) is 0.161. The van der Waals surface area contributed by atoms with Gasteiger partial charge in [0.1, 0.15) is 18.2 Å². The van der Waals surface area contributed by atoms with Crippen LogP contribution in [-0.4, -0.2) is 97.2 Å². The molecule has 45 heavy (non-hydrogen) atoms. The lowest BCUT2D eigenvalue weighted by Crippen LogP contribution is -2.57. The lowest BCUT2D eigenvalue weighted by Gasteiger charge is -2.42. The molecule has 3 atom stereocenters. The lowest BCUT2D eigenvalue weighted by atomic mass is 9.97. The molecule has 3 aliphatic heterocycles. The van der Waals surface area contributed by atoms with Crippen LogP contribution in [0.3, 0.4) is 0 Å². The first kappa shape index (κ1) is 29.7. The molecular weight excluding hydrogens is 594 g/mol. The molecule has 0 radical (unpaired) electrons. The minimum absolute atomic E-state index is 0.0541. The Labute approximate surface area is 263 Å². The maximum absolute atomic E-state index is 12.9. The van der Waals surface area contributed by atoms with Crippen molar-refractivity contribution in [1.29, 1.82) is 0 Å². The van der Waals surface area contributed by atoms with E-state index in [1.807, 2.05) is 36.4 Å². The molecule has 3 saturated heterocycles. The normalized spacial score (nSPS) is 21.8. The Balaban J connectivity index is 1.24. The van der Waals surface area contributed by atoms with Crippen molar-refractivity contribution in [3.05, 3.63) is 54.6 Å². The number of aromatic hydroxyl groups is 1. The van der Waals surface area contributed by atoms with Gasteiger partial charge in [-0.05, 0) is 85.4 Å². The van der Waals surface area contributed by atoms with Gasteiger partial charge in [0.2, 0.25) is 16.8 Å². The number of piperazine rings is 1. The molecule has 3 aromatic carbocycles. The number of nitrogens with zero attached hydrogens (tertiary/aromatic N) is 5. The van der Waals surface area contributed by atoms with Crippen LogP contribution in [0.4, 0.5) is 5.82 Å². The average molecular weight is 632 g/mol. The van der Waals surface area contributed by atoms with Gasteiger partial charge in [-0.25, -0.2) is 13.8 Å². The number of hydrogen-bond acceptors (Lipinski definition) is 10. The number of fused-ring (bicyclic) bond motifs is 4. The maximum atomic E-state index is 12.9. The second-order valence-electron chi connectivity index (χ2n) is 12.2. The summed E-state index contributed by atoms with van der Waals surface area (Å²) in [6.45, 7) is 2.47. The Morgan fingerprint density at radius 2 is 1.82 bits per heavy atom. The molecule has 236 valence electrons. The summed E-state index contributed by atoms with van der Waals surface area (Å²) in [4.78, 5) is 31.3. The molecular formula is C32H37N7O5S. The zero-order chi connectivity index (χ0) is 31.1. The van der Waals surface area contributed by atoms with Gasteiger partial charge in [-0.2, -0.15) is 14.8 Å². The number of thiol groups is 1. The molecule has 0 spiro atoms. The van der Waals surface area contributed by atoms with Gasteiger partial charge < -0.3 is 24.5 Å². The second kappa shape index (κ2) is 12.4. The summed E-state index contributed by atoms with van der Waals surface area (Å²) in [5.74, 6) is 0.842. The van der Waals surface area contributed by atoms with Crippen LogP contribution in [0.2, 0.25) is 0 Å². The van der Waals surface area contributed by atoms with Crippen LogP contribution in [0, 0.1) is 0 Å². The third-order valence-electron chi connectivity index (χ3n) is 9.38. The molecule has 1 aromatic heterocycles. The number of aromatic nitrogens is 2. The number of carbonyl (C=O) groups is 1. The monoisotopic (exact) mass is 631 g/mol. The summed E-state index contributed by atoms with van der Waals surface area (Å²) in [6, 6.07) is 18.4. The molecule has 12 nitrogen and oxygen atoms in total. The number of ether oxygens (including phenoxy) is 1. The average Bonchev–Trinajstić information content (AvgIpc) is 3.56. The number of amides is 1. The second-order valence-corrected chi connectivity index (χ2v) is 12.9. The Hall–Kier alpha value is -4.04. The number of likely N-dealkylation sites (tertiary alicyclic amines) is 2. The van der Waals surface area contributed by atoms with Crippen LogP contribution in [0.5, 0.6) is 11.8 Å². The number of carbonyl (C=O) groups excluding carboxylic acids is 1. The number of nitrogens with one attached hydrogen (secondary N) is 2. The smallest absolute Gasteiger partial charge is 0.319 e. The fourth-order valence-electron chi connectivity index (χ4n) is 7.16. The first-order chi connectivity index (χ1) is 21.8. The fourth-order valence-corrected chi connectivity index (χ4v) is 7.37. The molecule has 7 rings (SSSR count). The van der Waals surface area contributed by atoms with Gasteiger partial charge in [0.15, 0.2) is 0 Å². The van der Waals surface area contributed by atoms with E-state index in [2.05, 4.69) is 33.2 Å². The predicted octanol–water partition coefficient (Wildman–Crippen LogP) is 2.43. The van der Waals surface area contributed by atoms with Crippen molar-refractivity contribution in [2.45, 2.75) is 43.8 Å². The number of benzene rings is 3. The highest BCUT2D eigenvalue weighted by atomic mass is 32.2. The number of hydrazine groups is 1. The van der Waals surface area contributed by atoms with E-state index in [0.29, 0.717) is 31.7 Å². The Morgan fingerprint density at radius 1 is 1.02 bits per heavy atom. The minimum Gasteiger partial charge on any atom is -0.508 e. The van der Waals surface area contributed by atoms with E-state index in [1.165, 1.54) is 0 Å². The van der Waals surface area contributed by atoms with Gasteiger partial charge in [0, 0.05) is 36.6 Å². The molecule has 3 N–H and O–H groups in total. The van der Waals surface area contributed by atoms with Gasteiger partial charge in [0.05, 0.1) is 12.1 Å². The Bertz CT molecular complexity index is 1810. The first-order valence-electron chi connectivity index (χ1n) is 15.4. The number of anilines is 1. The van der Waals surface area contributed by atoms with Gasteiger partial charge in [0.25, 0.3) is 0 Å². The highest BCUT2D eigenvalue weighted by Crippen LogP contribution is 2.40. The van der Waals surface area contributed by atoms with Crippen molar-refractivity contribution < 1.29 is 23.1 Å².